The van der Waals surface area contributed by atoms with Crippen molar-refractivity contribution in [3.05, 3.63) is 58.9 Å². The second-order valence-corrected chi connectivity index (χ2v) is 7.76. The van der Waals surface area contributed by atoms with Gasteiger partial charge in [0.05, 0.1) is 12.5 Å². The van der Waals surface area contributed by atoms with Crippen molar-refractivity contribution in [3.63, 3.8) is 0 Å². The van der Waals surface area contributed by atoms with E-state index in [9.17, 15) is 4.79 Å². The third-order valence-corrected chi connectivity index (χ3v) is 5.36. The molecule has 0 atom stereocenters. The monoisotopic (exact) mass is 426 g/mol. The van der Waals surface area contributed by atoms with Gasteiger partial charge in [0.15, 0.2) is 11.5 Å². The minimum absolute atomic E-state index is 0.0312. The van der Waals surface area contributed by atoms with Gasteiger partial charge in [-0.3, -0.25) is 9.69 Å². The van der Waals surface area contributed by atoms with Crippen LogP contribution in [0.3, 0.4) is 0 Å². The van der Waals surface area contributed by atoms with Gasteiger partial charge in [0, 0.05) is 30.2 Å². The fourth-order valence-electron chi connectivity index (χ4n) is 3.51. The minimum Gasteiger partial charge on any atom is -0.454 e. The van der Waals surface area contributed by atoms with E-state index in [0.717, 1.165) is 16.9 Å². The molecule has 2 aromatic carbocycles. The molecule has 0 radical (unpaired) electrons. The van der Waals surface area contributed by atoms with E-state index in [2.05, 4.69) is 15.5 Å². The summed E-state index contributed by atoms with van der Waals surface area (Å²) in [6, 6.07) is 13.0. The molecule has 9 heteroatoms. The van der Waals surface area contributed by atoms with Crippen LogP contribution in [-0.4, -0.2) is 47.4 Å². The van der Waals surface area contributed by atoms with Crippen LogP contribution in [0.2, 0.25) is 5.02 Å². The number of amides is 1. The van der Waals surface area contributed by atoms with Crippen LogP contribution in [0.25, 0.3) is 11.4 Å². The van der Waals surface area contributed by atoms with Crippen LogP contribution < -0.4 is 14.8 Å². The Morgan fingerprint density at radius 3 is 2.90 bits per heavy atom. The molecule has 0 bridgehead atoms. The molecule has 1 amide bonds. The number of ether oxygens (including phenoxy) is 2. The summed E-state index contributed by atoms with van der Waals surface area (Å²) in [6.07, 6.45) is 0. The van der Waals surface area contributed by atoms with Crippen molar-refractivity contribution in [2.45, 2.75) is 12.5 Å². The summed E-state index contributed by atoms with van der Waals surface area (Å²) in [7, 11) is 0. The molecule has 1 N–H and O–H groups in total. The normalized spacial score (nSPS) is 15.8. The Balaban J connectivity index is 1.09. The second-order valence-electron chi connectivity index (χ2n) is 7.32. The van der Waals surface area contributed by atoms with Crippen molar-refractivity contribution in [2.75, 3.05) is 26.4 Å². The number of fused-ring (bicyclic) bond motifs is 1. The first-order valence-corrected chi connectivity index (χ1v) is 9.99. The highest BCUT2D eigenvalue weighted by molar-refractivity contribution is 6.30. The summed E-state index contributed by atoms with van der Waals surface area (Å²) >= 11 is 6.02. The predicted molar refractivity (Wildman–Crippen MR) is 108 cm³/mol. The lowest BCUT2D eigenvalue weighted by Gasteiger charge is -2.36. The summed E-state index contributed by atoms with van der Waals surface area (Å²) < 4.78 is 16.1. The van der Waals surface area contributed by atoms with Gasteiger partial charge < -0.3 is 19.3 Å². The maximum atomic E-state index is 12.2. The van der Waals surface area contributed by atoms with Gasteiger partial charge in [0.25, 0.3) is 0 Å². The first-order valence-electron chi connectivity index (χ1n) is 9.61. The van der Waals surface area contributed by atoms with Gasteiger partial charge in [0.2, 0.25) is 24.4 Å². The Morgan fingerprint density at radius 1 is 1.17 bits per heavy atom. The summed E-state index contributed by atoms with van der Waals surface area (Å²) in [5.41, 5.74) is 1.78. The summed E-state index contributed by atoms with van der Waals surface area (Å²) in [4.78, 5) is 18.8. The van der Waals surface area contributed by atoms with Gasteiger partial charge in [-0.05, 0) is 29.8 Å². The number of carbonyl (C=O) groups excluding carboxylic acids is 1. The van der Waals surface area contributed by atoms with Crippen LogP contribution in [0.5, 0.6) is 11.5 Å². The van der Waals surface area contributed by atoms with Gasteiger partial charge in [0.1, 0.15) is 0 Å². The molecule has 0 unspecified atom stereocenters. The van der Waals surface area contributed by atoms with Crippen LogP contribution >= 0.6 is 11.6 Å². The molecular weight excluding hydrogens is 408 g/mol. The van der Waals surface area contributed by atoms with E-state index in [1.807, 2.05) is 35.2 Å². The maximum Gasteiger partial charge on any atom is 0.234 e. The number of nitrogens with one attached hydrogen (secondary N) is 1. The number of hydrogen-bond donors (Lipinski definition) is 1. The number of rotatable bonds is 6. The molecule has 154 valence electrons. The topological polar surface area (TPSA) is 89.7 Å². The fourth-order valence-corrected chi connectivity index (χ4v) is 3.70. The molecule has 3 heterocycles. The lowest BCUT2D eigenvalue weighted by atomic mass is 10.0. The van der Waals surface area contributed by atoms with Crippen LogP contribution in [0.4, 0.5) is 0 Å². The van der Waals surface area contributed by atoms with Crippen molar-refractivity contribution in [1.82, 2.24) is 20.4 Å². The highest BCUT2D eigenvalue weighted by Gasteiger charge is 2.33. The van der Waals surface area contributed by atoms with Crippen LogP contribution in [0.15, 0.2) is 47.0 Å². The third kappa shape index (κ3) is 3.96. The highest BCUT2D eigenvalue weighted by atomic mass is 35.5. The van der Waals surface area contributed by atoms with Gasteiger partial charge >= 0.3 is 0 Å². The number of benzene rings is 2. The van der Waals surface area contributed by atoms with Crippen molar-refractivity contribution in [3.8, 4) is 22.9 Å². The third-order valence-electron chi connectivity index (χ3n) is 5.12. The van der Waals surface area contributed by atoms with Gasteiger partial charge in [-0.1, -0.05) is 35.0 Å². The Kier molecular flexibility index (Phi) is 5.02. The largest absolute Gasteiger partial charge is 0.454 e. The Hall–Kier alpha value is -3.10. The molecule has 2 aliphatic rings. The smallest absolute Gasteiger partial charge is 0.234 e. The van der Waals surface area contributed by atoms with Crippen molar-refractivity contribution in [1.29, 1.82) is 0 Å². The zero-order chi connectivity index (χ0) is 20.5. The van der Waals surface area contributed by atoms with Gasteiger partial charge in [-0.25, -0.2) is 0 Å². The molecule has 5 rings (SSSR count). The average Bonchev–Trinajstić information content (AvgIpc) is 3.38. The Bertz CT molecular complexity index is 1080. The van der Waals surface area contributed by atoms with E-state index in [1.54, 1.807) is 12.1 Å². The number of nitrogens with zero attached hydrogens (tertiary/aromatic N) is 3. The van der Waals surface area contributed by atoms with E-state index in [1.165, 1.54) is 0 Å². The SMILES string of the molecule is O=C(CN1CC(c2nc(-c3cccc(Cl)c3)no2)C1)NCc1ccc2c(c1)OCO2. The minimum atomic E-state index is -0.0312. The molecule has 0 spiro atoms. The van der Waals surface area contributed by atoms with E-state index in [-0.39, 0.29) is 18.6 Å². The van der Waals surface area contributed by atoms with Crippen LogP contribution in [0, 0.1) is 0 Å². The number of carbonyl (C=O) groups is 1. The van der Waals surface area contributed by atoms with Crippen molar-refractivity contribution < 1.29 is 18.8 Å². The van der Waals surface area contributed by atoms with Crippen molar-refractivity contribution in [2.24, 2.45) is 0 Å². The molecule has 8 nitrogen and oxygen atoms in total. The molecule has 30 heavy (non-hydrogen) atoms. The zero-order valence-corrected chi connectivity index (χ0v) is 16.8. The lowest BCUT2D eigenvalue weighted by molar-refractivity contribution is -0.123. The summed E-state index contributed by atoms with van der Waals surface area (Å²) in [5.74, 6) is 2.65. The number of likely N-dealkylation sites (tertiary alicyclic amines) is 1. The summed E-state index contributed by atoms with van der Waals surface area (Å²) in [6.45, 7) is 2.42. The van der Waals surface area contributed by atoms with E-state index < -0.39 is 0 Å². The van der Waals surface area contributed by atoms with Crippen molar-refractivity contribution >= 4 is 17.5 Å². The quantitative estimate of drug-likeness (QED) is 0.648. The predicted octanol–water partition coefficient (Wildman–Crippen LogP) is 2.83. The average molecular weight is 427 g/mol. The zero-order valence-electron chi connectivity index (χ0n) is 16.0. The first kappa shape index (κ1) is 18.9. The van der Waals surface area contributed by atoms with Crippen LogP contribution in [-0.2, 0) is 11.3 Å². The molecule has 3 aromatic rings. The number of halogens is 1. The van der Waals surface area contributed by atoms with Gasteiger partial charge in [-0.15, -0.1) is 0 Å². The van der Waals surface area contributed by atoms with E-state index in [0.29, 0.717) is 48.7 Å². The highest BCUT2D eigenvalue weighted by Crippen LogP contribution is 2.32. The first-order chi connectivity index (χ1) is 14.6. The Morgan fingerprint density at radius 2 is 2.03 bits per heavy atom. The summed E-state index contributed by atoms with van der Waals surface area (Å²) in [5, 5.41) is 7.60. The molecule has 0 aliphatic carbocycles. The second kappa shape index (κ2) is 7.97. The maximum absolute atomic E-state index is 12.2. The molecule has 1 saturated heterocycles. The number of aromatic nitrogens is 2. The Labute approximate surface area is 177 Å². The molecule has 1 aromatic heterocycles. The molecule has 2 aliphatic heterocycles. The van der Waals surface area contributed by atoms with Gasteiger partial charge in [-0.2, -0.15) is 4.98 Å². The van der Waals surface area contributed by atoms with E-state index >= 15 is 0 Å². The fraction of sp³-hybridized carbons (Fsp3) is 0.286. The molecule has 0 saturated carbocycles. The standard InChI is InChI=1S/C21H19ClN4O4/c22-16-3-1-2-14(7-16)20-24-21(30-25-20)15-9-26(10-15)11-19(27)23-8-13-4-5-17-18(6-13)29-12-28-17/h1-7,15H,8-12H2,(H,23,27). The lowest BCUT2D eigenvalue weighted by Crippen LogP contribution is -2.49. The molecule has 1 fully saturated rings. The number of hydrogen-bond acceptors (Lipinski definition) is 7. The van der Waals surface area contributed by atoms with Crippen LogP contribution in [0.1, 0.15) is 17.4 Å². The molecular formula is C21H19ClN4O4. The van der Waals surface area contributed by atoms with E-state index in [4.69, 9.17) is 25.6 Å².